The van der Waals surface area contributed by atoms with Crippen molar-refractivity contribution in [1.29, 1.82) is 0 Å². The Kier molecular flexibility index (Phi) is 9.63. The van der Waals surface area contributed by atoms with E-state index in [1.165, 1.54) is 25.7 Å². The SMILES string of the molecule is C\C=C(/C=C(\C=C\Cc1c(N)ncnc1N(CC1CCCN(C)C1)NC)OC)OC. The number of hydrazine groups is 1. The molecule has 3 N–H and O–H groups in total. The summed E-state index contributed by atoms with van der Waals surface area (Å²) >= 11 is 0. The van der Waals surface area contributed by atoms with Crippen LogP contribution >= 0.6 is 0 Å². The predicted molar refractivity (Wildman–Crippen MR) is 122 cm³/mol. The fourth-order valence-corrected chi connectivity index (χ4v) is 3.68. The highest BCUT2D eigenvalue weighted by atomic mass is 16.5. The first-order valence-electron chi connectivity index (χ1n) is 10.4. The number of ether oxygens (including phenoxy) is 2. The van der Waals surface area contributed by atoms with Crippen LogP contribution in [0.5, 0.6) is 0 Å². The lowest BCUT2D eigenvalue weighted by Gasteiger charge is -2.34. The van der Waals surface area contributed by atoms with Crippen molar-refractivity contribution in [2.24, 2.45) is 5.92 Å². The molecule has 8 nitrogen and oxygen atoms in total. The minimum atomic E-state index is 0.486. The molecule has 8 heteroatoms. The predicted octanol–water partition coefficient (Wildman–Crippen LogP) is 2.52. The van der Waals surface area contributed by atoms with E-state index < -0.39 is 0 Å². The molecule has 0 amide bonds. The van der Waals surface area contributed by atoms with Gasteiger partial charge in [-0.2, -0.15) is 0 Å². The van der Waals surface area contributed by atoms with Crippen molar-refractivity contribution in [1.82, 2.24) is 20.3 Å². The van der Waals surface area contributed by atoms with Crippen molar-refractivity contribution in [3.8, 4) is 0 Å². The van der Waals surface area contributed by atoms with Gasteiger partial charge in [-0.05, 0) is 57.8 Å². The molecule has 0 saturated carbocycles. The lowest BCUT2D eigenvalue weighted by atomic mass is 9.98. The van der Waals surface area contributed by atoms with Crippen molar-refractivity contribution in [3.63, 3.8) is 0 Å². The second-order valence-electron chi connectivity index (χ2n) is 7.42. The third-order valence-electron chi connectivity index (χ3n) is 5.29. The number of hydrogen-bond donors (Lipinski definition) is 2. The first kappa shape index (κ1) is 23.7. The molecule has 1 fully saturated rings. The Morgan fingerprint density at radius 1 is 1.33 bits per heavy atom. The Bertz CT molecular complexity index is 762. The number of rotatable bonds is 10. The fourth-order valence-electron chi connectivity index (χ4n) is 3.68. The lowest BCUT2D eigenvalue weighted by Crippen LogP contribution is -2.44. The number of methoxy groups -OCH3 is 2. The molecule has 2 heterocycles. The average Bonchev–Trinajstić information content (AvgIpc) is 2.75. The molecule has 0 spiro atoms. The molecule has 0 bridgehead atoms. The van der Waals surface area contributed by atoms with Crippen LogP contribution in [0.3, 0.4) is 0 Å². The molecule has 1 saturated heterocycles. The Labute approximate surface area is 180 Å². The van der Waals surface area contributed by atoms with E-state index in [0.717, 1.165) is 30.2 Å². The number of piperidine rings is 1. The monoisotopic (exact) mass is 416 g/mol. The minimum Gasteiger partial charge on any atom is -0.497 e. The lowest BCUT2D eigenvalue weighted by molar-refractivity contribution is 0.210. The van der Waals surface area contributed by atoms with Gasteiger partial charge in [-0.3, -0.25) is 5.01 Å². The van der Waals surface area contributed by atoms with E-state index >= 15 is 0 Å². The summed E-state index contributed by atoms with van der Waals surface area (Å²) in [5.74, 6) is 3.31. The van der Waals surface area contributed by atoms with Crippen LogP contribution in [0, 0.1) is 5.92 Å². The van der Waals surface area contributed by atoms with Crippen LogP contribution in [0.15, 0.2) is 42.1 Å². The highest BCUT2D eigenvalue weighted by Crippen LogP contribution is 2.24. The number of nitrogen functional groups attached to an aromatic ring is 1. The zero-order valence-electron chi connectivity index (χ0n) is 18.9. The summed E-state index contributed by atoms with van der Waals surface area (Å²) in [5.41, 5.74) is 10.4. The van der Waals surface area contributed by atoms with Crippen LogP contribution in [0.1, 0.15) is 25.3 Å². The zero-order valence-corrected chi connectivity index (χ0v) is 18.9. The Morgan fingerprint density at radius 3 is 2.73 bits per heavy atom. The van der Waals surface area contributed by atoms with Gasteiger partial charge in [0.2, 0.25) is 0 Å². The maximum Gasteiger partial charge on any atom is 0.151 e. The number of hydrogen-bond acceptors (Lipinski definition) is 8. The molecule has 0 aliphatic carbocycles. The third-order valence-corrected chi connectivity index (χ3v) is 5.29. The fraction of sp³-hybridized carbons (Fsp3) is 0.545. The molecule has 1 aromatic rings. The minimum absolute atomic E-state index is 0.486. The molecular weight excluding hydrogens is 380 g/mol. The molecule has 30 heavy (non-hydrogen) atoms. The van der Waals surface area contributed by atoms with E-state index in [1.807, 2.05) is 38.3 Å². The number of allylic oxidation sites excluding steroid dienone is 4. The first-order chi connectivity index (χ1) is 14.5. The van der Waals surface area contributed by atoms with Gasteiger partial charge in [-0.1, -0.05) is 6.08 Å². The quantitative estimate of drug-likeness (QED) is 0.342. The van der Waals surface area contributed by atoms with Crippen LogP contribution in [0.2, 0.25) is 0 Å². The molecule has 1 unspecified atom stereocenters. The van der Waals surface area contributed by atoms with Crippen LogP contribution in [0.4, 0.5) is 11.6 Å². The Morgan fingerprint density at radius 2 is 2.10 bits per heavy atom. The Hall–Kier alpha value is -2.58. The molecular formula is C22H36N6O2. The molecule has 2 rings (SSSR count). The van der Waals surface area contributed by atoms with Crippen molar-refractivity contribution < 1.29 is 9.47 Å². The van der Waals surface area contributed by atoms with E-state index in [-0.39, 0.29) is 0 Å². The van der Waals surface area contributed by atoms with E-state index in [0.29, 0.717) is 23.9 Å². The van der Waals surface area contributed by atoms with Gasteiger partial charge in [0.05, 0.1) is 14.2 Å². The summed E-state index contributed by atoms with van der Waals surface area (Å²) in [6.45, 7) is 5.04. The topological polar surface area (TPSA) is 88.8 Å². The normalized spacial score (nSPS) is 18.6. The number of nitrogens with zero attached hydrogens (tertiary/aromatic N) is 4. The van der Waals surface area contributed by atoms with Crippen molar-refractivity contribution in [2.45, 2.75) is 26.2 Å². The number of anilines is 2. The second kappa shape index (κ2) is 12.2. The number of aromatic nitrogens is 2. The molecule has 1 atom stereocenters. The summed E-state index contributed by atoms with van der Waals surface area (Å²) in [6, 6.07) is 0. The molecule has 0 radical (unpaired) electrons. The molecule has 0 aromatic carbocycles. The summed E-state index contributed by atoms with van der Waals surface area (Å²) in [5, 5.41) is 2.08. The van der Waals surface area contributed by atoms with Crippen LogP contribution < -0.4 is 16.2 Å². The Balaban J connectivity index is 2.18. The molecule has 1 aliphatic rings. The van der Waals surface area contributed by atoms with Gasteiger partial charge in [-0.25, -0.2) is 15.4 Å². The maximum atomic E-state index is 6.22. The van der Waals surface area contributed by atoms with Crippen molar-refractivity contribution in [3.05, 3.63) is 47.7 Å². The van der Waals surface area contributed by atoms with Crippen molar-refractivity contribution >= 4 is 11.6 Å². The summed E-state index contributed by atoms with van der Waals surface area (Å²) in [6.07, 6.45) is 12.2. The standard InChI is InChI=1S/C22H36N6O2/c1-6-18(29-4)13-19(30-5)10-7-11-20-21(23)25-16-26-22(20)28(24-2)15-17-9-8-12-27(3)14-17/h6-7,10,13,16-17,24H,8-9,11-12,14-15H2,1-5H3,(H2,23,25,26)/b10-7+,18-6+,19-13+. The average molecular weight is 417 g/mol. The maximum absolute atomic E-state index is 6.22. The van der Waals surface area contributed by atoms with Crippen LogP contribution in [0.25, 0.3) is 0 Å². The van der Waals surface area contributed by atoms with E-state index in [1.54, 1.807) is 14.2 Å². The van der Waals surface area contributed by atoms with Gasteiger partial charge in [0, 0.05) is 31.8 Å². The van der Waals surface area contributed by atoms with Gasteiger partial charge in [0.25, 0.3) is 0 Å². The largest absolute Gasteiger partial charge is 0.497 e. The first-order valence-corrected chi connectivity index (χ1v) is 10.4. The van der Waals surface area contributed by atoms with Crippen LogP contribution in [-0.2, 0) is 15.9 Å². The number of nitrogens with one attached hydrogen (secondary N) is 1. The second-order valence-corrected chi connectivity index (χ2v) is 7.42. The van der Waals surface area contributed by atoms with Crippen LogP contribution in [-0.4, -0.2) is 62.8 Å². The highest BCUT2D eigenvalue weighted by Gasteiger charge is 2.22. The smallest absolute Gasteiger partial charge is 0.151 e. The van der Waals surface area contributed by atoms with E-state index in [4.69, 9.17) is 15.2 Å². The molecule has 1 aromatic heterocycles. The number of likely N-dealkylation sites (tertiary alicyclic amines) is 1. The van der Waals surface area contributed by atoms with Gasteiger partial charge >= 0.3 is 0 Å². The highest BCUT2D eigenvalue weighted by molar-refractivity contribution is 5.57. The third kappa shape index (κ3) is 6.74. The summed E-state index contributed by atoms with van der Waals surface area (Å²) in [4.78, 5) is 11.1. The van der Waals surface area contributed by atoms with Gasteiger partial charge in [-0.15, -0.1) is 0 Å². The van der Waals surface area contributed by atoms with Gasteiger partial charge in [0.1, 0.15) is 23.7 Å². The number of nitrogens with two attached hydrogens (primary N) is 1. The van der Waals surface area contributed by atoms with E-state index in [9.17, 15) is 0 Å². The summed E-state index contributed by atoms with van der Waals surface area (Å²) < 4.78 is 10.7. The van der Waals surface area contributed by atoms with Crippen molar-refractivity contribution in [2.75, 3.05) is 58.7 Å². The van der Waals surface area contributed by atoms with Gasteiger partial charge in [0.15, 0.2) is 5.82 Å². The summed E-state index contributed by atoms with van der Waals surface area (Å²) in [7, 11) is 7.36. The molecule has 1 aliphatic heterocycles. The van der Waals surface area contributed by atoms with Gasteiger partial charge < -0.3 is 20.1 Å². The molecule has 166 valence electrons. The van der Waals surface area contributed by atoms with E-state index in [2.05, 4.69) is 32.4 Å². The zero-order chi connectivity index (χ0) is 21.9.